The van der Waals surface area contributed by atoms with E-state index in [2.05, 4.69) is 0 Å². The molecule has 0 aromatic heterocycles. The number of ketones is 2. The van der Waals surface area contributed by atoms with Gasteiger partial charge in [-0.2, -0.15) is 0 Å². The fourth-order valence-corrected chi connectivity index (χ4v) is 2.24. The third-order valence-electron chi connectivity index (χ3n) is 3.72. The zero-order valence-electron chi connectivity index (χ0n) is 7.60. The van der Waals surface area contributed by atoms with Crippen LogP contribution in [0.1, 0.15) is 27.2 Å². The summed E-state index contributed by atoms with van der Waals surface area (Å²) in [7, 11) is 0. The van der Waals surface area contributed by atoms with Gasteiger partial charge in [0.25, 0.3) is 0 Å². The molecule has 0 amide bonds. The largest absolute Gasteiger partial charge is 0.290 e. The van der Waals surface area contributed by atoms with E-state index in [-0.39, 0.29) is 17.0 Å². The summed E-state index contributed by atoms with van der Waals surface area (Å²) in [5, 5.41) is 0. The number of hydrogen-bond acceptors (Lipinski definition) is 2. The van der Waals surface area contributed by atoms with Crippen molar-refractivity contribution in [3.05, 3.63) is 11.6 Å². The number of Topliss-reactive ketones (excluding diaryl/α,β-unsaturated/α-hetero) is 2. The summed E-state index contributed by atoms with van der Waals surface area (Å²) in [5.74, 6) is -0.446. The first-order valence-electron chi connectivity index (χ1n) is 4.21. The smallest absolute Gasteiger partial charge is 0.225 e. The monoisotopic (exact) mass is 164 g/mol. The molecule has 1 atom stereocenters. The van der Waals surface area contributed by atoms with Gasteiger partial charge in [-0.1, -0.05) is 26.8 Å². The third kappa shape index (κ3) is 0.510. The van der Waals surface area contributed by atoms with Gasteiger partial charge >= 0.3 is 0 Å². The maximum absolute atomic E-state index is 11.5. The normalized spacial score (nSPS) is 37.4. The molecule has 0 heterocycles. The van der Waals surface area contributed by atoms with Gasteiger partial charge in [-0.25, -0.2) is 0 Å². The van der Waals surface area contributed by atoms with Crippen LogP contribution < -0.4 is 0 Å². The Balaban J connectivity index is 2.68. The van der Waals surface area contributed by atoms with Gasteiger partial charge in [0.15, 0.2) is 0 Å². The van der Waals surface area contributed by atoms with Crippen LogP contribution in [0.5, 0.6) is 0 Å². The van der Waals surface area contributed by atoms with Gasteiger partial charge in [0.05, 0.1) is 0 Å². The summed E-state index contributed by atoms with van der Waals surface area (Å²) in [4.78, 5) is 22.9. The first-order chi connectivity index (χ1) is 5.41. The minimum absolute atomic E-state index is 0.190. The van der Waals surface area contributed by atoms with E-state index in [1.165, 1.54) is 0 Å². The Bertz CT molecular complexity index is 323. The lowest BCUT2D eigenvalue weighted by molar-refractivity contribution is -0.138. The molecule has 64 valence electrons. The van der Waals surface area contributed by atoms with E-state index in [9.17, 15) is 9.59 Å². The van der Waals surface area contributed by atoms with Crippen LogP contribution in [0.25, 0.3) is 0 Å². The molecule has 0 aromatic carbocycles. The minimum Gasteiger partial charge on any atom is -0.290 e. The van der Waals surface area contributed by atoms with Crippen LogP contribution in [0.2, 0.25) is 0 Å². The predicted octanol–water partition coefficient (Wildman–Crippen LogP) is 1.50. The average Bonchev–Trinajstić information content (AvgIpc) is 2.26. The van der Waals surface area contributed by atoms with Crippen LogP contribution in [0, 0.1) is 10.8 Å². The summed E-state index contributed by atoms with van der Waals surface area (Å²) in [6.07, 6.45) is 2.66. The average molecular weight is 164 g/mol. The van der Waals surface area contributed by atoms with E-state index in [4.69, 9.17) is 0 Å². The summed E-state index contributed by atoms with van der Waals surface area (Å²) in [6.45, 7) is 5.85. The standard InChI is InChI=1S/C10H12O2/c1-9(2)6-4-5-10(9,3)8(12)7(6)11/h4H,5H2,1-3H3. The number of carbonyl (C=O) groups is 2. The molecule has 2 aliphatic carbocycles. The lowest BCUT2D eigenvalue weighted by atomic mass is 9.70. The summed E-state index contributed by atoms with van der Waals surface area (Å²) >= 11 is 0. The summed E-state index contributed by atoms with van der Waals surface area (Å²) < 4.78 is 0. The first-order valence-corrected chi connectivity index (χ1v) is 4.21. The molecule has 2 aliphatic rings. The van der Waals surface area contributed by atoms with Crippen molar-refractivity contribution in [2.75, 3.05) is 0 Å². The molecule has 0 N–H and O–H groups in total. The molecule has 0 aromatic rings. The fraction of sp³-hybridized carbons (Fsp3) is 0.600. The number of rotatable bonds is 0. The molecule has 12 heavy (non-hydrogen) atoms. The number of fused-ring (bicyclic) bond motifs is 2. The Kier molecular flexibility index (Phi) is 1.10. The Morgan fingerprint density at radius 1 is 1.25 bits per heavy atom. The molecule has 2 bridgehead atoms. The van der Waals surface area contributed by atoms with Gasteiger partial charge in [-0.05, 0) is 6.42 Å². The molecule has 0 saturated heterocycles. The van der Waals surface area contributed by atoms with Crippen molar-refractivity contribution in [3.8, 4) is 0 Å². The van der Waals surface area contributed by atoms with E-state index in [1.807, 2.05) is 26.8 Å². The van der Waals surface area contributed by atoms with Gasteiger partial charge in [-0.3, -0.25) is 9.59 Å². The molecule has 0 radical (unpaired) electrons. The maximum Gasteiger partial charge on any atom is 0.225 e. The van der Waals surface area contributed by atoms with Crippen LogP contribution in [-0.2, 0) is 9.59 Å². The van der Waals surface area contributed by atoms with Gasteiger partial charge < -0.3 is 0 Å². The van der Waals surface area contributed by atoms with Crippen molar-refractivity contribution in [2.45, 2.75) is 27.2 Å². The zero-order chi connectivity index (χ0) is 9.15. The van der Waals surface area contributed by atoms with Crippen molar-refractivity contribution in [1.29, 1.82) is 0 Å². The van der Waals surface area contributed by atoms with Crippen molar-refractivity contribution < 1.29 is 9.59 Å². The Morgan fingerprint density at radius 2 is 1.83 bits per heavy atom. The maximum atomic E-state index is 11.5. The predicted molar refractivity (Wildman–Crippen MR) is 44.6 cm³/mol. The molecule has 2 rings (SSSR count). The molecule has 2 heteroatoms. The minimum atomic E-state index is -0.445. The van der Waals surface area contributed by atoms with Gasteiger partial charge in [0.1, 0.15) is 0 Å². The molecule has 1 fully saturated rings. The van der Waals surface area contributed by atoms with E-state index < -0.39 is 5.41 Å². The van der Waals surface area contributed by atoms with Gasteiger partial charge in [-0.15, -0.1) is 0 Å². The number of allylic oxidation sites excluding steroid dienone is 2. The highest BCUT2D eigenvalue weighted by molar-refractivity contribution is 6.49. The summed E-state index contributed by atoms with van der Waals surface area (Å²) in [5.41, 5.74) is 0.0515. The van der Waals surface area contributed by atoms with Gasteiger partial charge in [0, 0.05) is 16.4 Å². The molecular weight excluding hydrogens is 152 g/mol. The molecule has 2 nitrogen and oxygen atoms in total. The Morgan fingerprint density at radius 3 is 2.08 bits per heavy atom. The first kappa shape index (κ1) is 7.71. The topological polar surface area (TPSA) is 34.1 Å². The fourth-order valence-electron chi connectivity index (χ4n) is 2.24. The second-order valence-electron chi connectivity index (χ2n) is 4.44. The van der Waals surface area contributed by atoms with Crippen LogP contribution in [0.4, 0.5) is 0 Å². The quantitative estimate of drug-likeness (QED) is 0.508. The van der Waals surface area contributed by atoms with Crippen LogP contribution in [0.3, 0.4) is 0 Å². The van der Waals surface area contributed by atoms with Crippen molar-refractivity contribution in [2.24, 2.45) is 10.8 Å². The highest BCUT2D eigenvalue weighted by Gasteiger charge is 2.62. The van der Waals surface area contributed by atoms with Crippen LogP contribution >= 0.6 is 0 Å². The molecule has 1 unspecified atom stereocenters. The lowest BCUT2D eigenvalue weighted by Gasteiger charge is -2.30. The molecule has 0 spiro atoms. The molecule has 0 aliphatic heterocycles. The molecular formula is C10H12O2. The Hall–Kier alpha value is -0.920. The summed E-state index contributed by atoms with van der Waals surface area (Å²) in [6, 6.07) is 0. The van der Waals surface area contributed by atoms with E-state index >= 15 is 0 Å². The van der Waals surface area contributed by atoms with Gasteiger partial charge in [0.2, 0.25) is 11.6 Å². The van der Waals surface area contributed by atoms with Crippen molar-refractivity contribution in [1.82, 2.24) is 0 Å². The van der Waals surface area contributed by atoms with Crippen molar-refractivity contribution >= 4 is 11.6 Å². The Labute approximate surface area is 71.6 Å². The number of hydrogen-bond donors (Lipinski definition) is 0. The highest BCUT2D eigenvalue weighted by Crippen LogP contribution is 2.58. The van der Waals surface area contributed by atoms with Crippen LogP contribution in [0.15, 0.2) is 11.6 Å². The van der Waals surface area contributed by atoms with E-state index in [0.717, 1.165) is 12.0 Å². The lowest BCUT2D eigenvalue weighted by Crippen LogP contribution is -2.33. The second kappa shape index (κ2) is 1.70. The van der Waals surface area contributed by atoms with E-state index in [1.54, 1.807) is 0 Å². The molecule has 1 saturated carbocycles. The van der Waals surface area contributed by atoms with Crippen molar-refractivity contribution in [3.63, 3.8) is 0 Å². The SMILES string of the molecule is CC1(C)C2=CCC1(C)C(=O)C2=O. The second-order valence-corrected chi connectivity index (χ2v) is 4.44. The highest BCUT2D eigenvalue weighted by atomic mass is 16.2. The number of carbonyl (C=O) groups excluding carboxylic acids is 2. The third-order valence-corrected chi connectivity index (χ3v) is 3.72. The van der Waals surface area contributed by atoms with E-state index in [0.29, 0.717) is 0 Å². The zero-order valence-corrected chi connectivity index (χ0v) is 7.60. The van der Waals surface area contributed by atoms with Crippen LogP contribution in [-0.4, -0.2) is 11.6 Å².